The molecule has 30 heavy (non-hydrogen) atoms. The van der Waals surface area contributed by atoms with Gasteiger partial charge in [-0.25, -0.2) is 9.78 Å². The van der Waals surface area contributed by atoms with Crippen molar-refractivity contribution >= 4 is 5.97 Å². The number of rotatable bonds is 8. The first kappa shape index (κ1) is 20.2. The smallest absolute Gasteiger partial charge is 0.333 e. The van der Waals surface area contributed by atoms with Crippen LogP contribution in [0.2, 0.25) is 0 Å². The van der Waals surface area contributed by atoms with Crippen molar-refractivity contribution in [1.82, 2.24) is 4.98 Å². The second kappa shape index (κ2) is 8.71. The van der Waals surface area contributed by atoms with Gasteiger partial charge in [-0.3, -0.25) is 0 Å². The van der Waals surface area contributed by atoms with Crippen molar-refractivity contribution in [3.8, 4) is 17.2 Å². The number of oxazole rings is 1. The van der Waals surface area contributed by atoms with Gasteiger partial charge in [0.2, 0.25) is 5.89 Å². The van der Waals surface area contributed by atoms with Crippen molar-refractivity contribution < 1.29 is 23.8 Å². The van der Waals surface area contributed by atoms with Crippen molar-refractivity contribution in [1.29, 1.82) is 0 Å². The largest absolute Gasteiger partial charge is 0.493 e. The number of carboxylic acid groups (broad SMARTS) is 1. The van der Waals surface area contributed by atoms with Crippen LogP contribution in [0.4, 0.5) is 0 Å². The second-order valence-corrected chi connectivity index (χ2v) is 7.49. The maximum Gasteiger partial charge on any atom is 0.333 e. The van der Waals surface area contributed by atoms with Crippen molar-refractivity contribution in [2.24, 2.45) is 0 Å². The molecule has 4 rings (SSSR count). The van der Waals surface area contributed by atoms with Gasteiger partial charge in [-0.1, -0.05) is 24.3 Å². The Labute approximate surface area is 175 Å². The highest BCUT2D eigenvalue weighted by Crippen LogP contribution is 2.38. The Hall–Kier alpha value is -3.12. The van der Waals surface area contributed by atoms with Crippen molar-refractivity contribution in [3.63, 3.8) is 0 Å². The van der Waals surface area contributed by atoms with Crippen LogP contribution in [0.25, 0.3) is 11.5 Å². The normalized spacial score (nSPS) is 16.3. The molecule has 0 aliphatic heterocycles. The van der Waals surface area contributed by atoms with E-state index in [0.717, 1.165) is 46.7 Å². The van der Waals surface area contributed by atoms with E-state index >= 15 is 0 Å². The van der Waals surface area contributed by atoms with Gasteiger partial charge in [0.15, 0.2) is 6.10 Å². The summed E-state index contributed by atoms with van der Waals surface area (Å²) in [7, 11) is 1.45. The number of hydrogen-bond acceptors (Lipinski definition) is 5. The van der Waals surface area contributed by atoms with E-state index in [-0.39, 0.29) is 5.92 Å². The Kier molecular flexibility index (Phi) is 5.86. The lowest BCUT2D eigenvalue weighted by Gasteiger charge is -2.19. The van der Waals surface area contributed by atoms with E-state index in [1.165, 1.54) is 7.11 Å². The van der Waals surface area contributed by atoms with Gasteiger partial charge in [-0.05, 0) is 55.2 Å². The standard InChI is InChI=1S/C24H25NO5/c1-15-21(25-23(30-15)16-6-4-3-5-7-16)12-13-29-18-9-11-19-17(14-18)8-10-20(19)22(28-2)24(26)27/h3-7,9,11,14,20,22H,8,10,12-13H2,1-2H3,(H,26,27). The lowest BCUT2D eigenvalue weighted by Crippen LogP contribution is -2.28. The summed E-state index contributed by atoms with van der Waals surface area (Å²) >= 11 is 0. The molecule has 3 aromatic rings. The second-order valence-electron chi connectivity index (χ2n) is 7.49. The third-order valence-electron chi connectivity index (χ3n) is 5.62. The van der Waals surface area contributed by atoms with Crippen molar-refractivity contribution in [2.75, 3.05) is 13.7 Å². The maximum absolute atomic E-state index is 11.4. The first-order chi connectivity index (χ1) is 14.6. The molecular formula is C24H25NO5. The molecule has 156 valence electrons. The first-order valence-electron chi connectivity index (χ1n) is 10.1. The minimum atomic E-state index is -0.923. The molecule has 2 atom stereocenters. The molecule has 6 heteroatoms. The first-order valence-corrected chi connectivity index (χ1v) is 10.1. The highest BCUT2D eigenvalue weighted by Gasteiger charge is 2.34. The van der Waals surface area contributed by atoms with E-state index in [4.69, 9.17) is 13.9 Å². The molecule has 1 aromatic heterocycles. The summed E-state index contributed by atoms with van der Waals surface area (Å²) in [6.07, 6.45) is 1.43. The molecule has 0 bridgehead atoms. The van der Waals surface area contributed by atoms with Crippen molar-refractivity contribution in [3.05, 3.63) is 71.1 Å². The molecule has 0 saturated heterocycles. The summed E-state index contributed by atoms with van der Waals surface area (Å²) in [5.74, 6) is 1.16. The van der Waals surface area contributed by atoms with Gasteiger partial charge in [0.25, 0.3) is 0 Å². The van der Waals surface area contributed by atoms with Gasteiger partial charge < -0.3 is 19.0 Å². The van der Waals surface area contributed by atoms with E-state index in [1.807, 2.05) is 55.5 Å². The number of hydrogen-bond donors (Lipinski definition) is 1. The van der Waals surface area contributed by atoms with Gasteiger partial charge in [-0.2, -0.15) is 0 Å². The Morgan fingerprint density at radius 3 is 2.80 bits per heavy atom. The summed E-state index contributed by atoms with van der Waals surface area (Å²) < 4.78 is 16.9. The number of carboxylic acids is 1. The monoisotopic (exact) mass is 407 g/mol. The van der Waals surface area contributed by atoms with E-state index in [1.54, 1.807) is 0 Å². The Morgan fingerprint density at radius 1 is 1.27 bits per heavy atom. The van der Waals surface area contributed by atoms with Crippen LogP contribution in [0, 0.1) is 6.92 Å². The molecule has 0 radical (unpaired) electrons. The predicted molar refractivity (Wildman–Crippen MR) is 112 cm³/mol. The molecule has 2 unspecified atom stereocenters. The van der Waals surface area contributed by atoms with Gasteiger partial charge in [0.1, 0.15) is 11.5 Å². The average molecular weight is 407 g/mol. The summed E-state index contributed by atoms with van der Waals surface area (Å²) in [4.78, 5) is 16.0. The molecular weight excluding hydrogens is 382 g/mol. The lowest BCUT2D eigenvalue weighted by molar-refractivity contribution is -0.149. The average Bonchev–Trinajstić information content (AvgIpc) is 3.33. The molecule has 1 aliphatic carbocycles. The number of aryl methyl sites for hydroxylation is 2. The molecule has 2 aromatic carbocycles. The van der Waals surface area contributed by atoms with E-state index in [0.29, 0.717) is 18.9 Å². The number of methoxy groups -OCH3 is 1. The van der Waals surface area contributed by atoms with Crippen LogP contribution in [0.5, 0.6) is 5.75 Å². The fourth-order valence-corrected chi connectivity index (χ4v) is 4.10. The Balaban J connectivity index is 1.39. The molecule has 1 N–H and O–H groups in total. The molecule has 0 spiro atoms. The van der Waals surface area contributed by atoms with E-state index in [9.17, 15) is 9.90 Å². The van der Waals surface area contributed by atoms with Gasteiger partial charge >= 0.3 is 5.97 Å². The Morgan fingerprint density at radius 2 is 2.07 bits per heavy atom. The summed E-state index contributed by atoms with van der Waals surface area (Å²) in [6.45, 7) is 2.40. The van der Waals surface area contributed by atoms with Crippen LogP contribution in [0.3, 0.4) is 0 Å². The molecule has 0 saturated carbocycles. The van der Waals surface area contributed by atoms with Crippen LogP contribution in [0.1, 0.15) is 34.9 Å². The number of nitrogens with zero attached hydrogens (tertiary/aromatic N) is 1. The zero-order valence-corrected chi connectivity index (χ0v) is 17.1. The summed E-state index contributed by atoms with van der Waals surface area (Å²) in [5, 5.41) is 9.37. The number of benzene rings is 2. The number of aromatic nitrogens is 1. The van der Waals surface area contributed by atoms with Gasteiger partial charge in [0.05, 0.1) is 12.3 Å². The van der Waals surface area contributed by atoms with Crippen LogP contribution in [-0.2, 0) is 22.4 Å². The van der Waals surface area contributed by atoms with Crippen LogP contribution >= 0.6 is 0 Å². The summed E-state index contributed by atoms with van der Waals surface area (Å²) in [6, 6.07) is 15.7. The predicted octanol–water partition coefficient (Wildman–Crippen LogP) is 4.40. The van der Waals surface area contributed by atoms with Gasteiger partial charge in [-0.15, -0.1) is 0 Å². The molecule has 6 nitrogen and oxygen atoms in total. The van der Waals surface area contributed by atoms with Crippen molar-refractivity contribution in [2.45, 2.75) is 38.2 Å². The van der Waals surface area contributed by atoms with Crippen LogP contribution in [0.15, 0.2) is 52.9 Å². The van der Waals surface area contributed by atoms with Gasteiger partial charge in [0, 0.05) is 25.0 Å². The highest BCUT2D eigenvalue weighted by atomic mass is 16.5. The van der Waals surface area contributed by atoms with Crippen LogP contribution < -0.4 is 4.74 Å². The lowest BCUT2D eigenvalue weighted by atomic mass is 9.95. The number of ether oxygens (including phenoxy) is 2. The third kappa shape index (κ3) is 4.09. The molecule has 1 heterocycles. The maximum atomic E-state index is 11.4. The highest BCUT2D eigenvalue weighted by molar-refractivity contribution is 5.74. The topological polar surface area (TPSA) is 81.8 Å². The van der Waals surface area contributed by atoms with E-state index in [2.05, 4.69) is 4.98 Å². The minimum Gasteiger partial charge on any atom is -0.493 e. The molecule has 1 aliphatic rings. The minimum absolute atomic E-state index is 0.120. The quantitative estimate of drug-likeness (QED) is 0.596. The third-order valence-corrected chi connectivity index (χ3v) is 5.62. The number of aliphatic carboxylic acids is 1. The fourth-order valence-electron chi connectivity index (χ4n) is 4.10. The van der Waals surface area contributed by atoms with E-state index < -0.39 is 12.1 Å². The Bertz CT molecular complexity index is 1030. The number of fused-ring (bicyclic) bond motifs is 1. The molecule has 0 amide bonds. The SMILES string of the molecule is COC(C(=O)O)C1CCc2cc(OCCc3nc(-c4ccccc4)oc3C)ccc21. The zero-order chi connectivity index (χ0) is 21.1. The summed E-state index contributed by atoms with van der Waals surface area (Å²) in [5.41, 5.74) is 4.01. The molecule has 0 fully saturated rings. The zero-order valence-electron chi connectivity index (χ0n) is 17.1. The number of carbonyl (C=O) groups is 1. The fraction of sp³-hybridized carbons (Fsp3) is 0.333. The van der Waals surface area contributed by atoms with Crippen LogP contribution in [-0.4, -0.2) is 35.9 Å².